The van der Waals surface area contributed by atoms with E-state index in [1.165, 1.54) is 53.6 Å². The van der Waals surface area contributed by atoms with Crippen LogP contribution in [0.4, 0.5) is 0 Å². The Morgan fingerprint density at radius 3 is 2.28 bits per heavy atom. The predicted molar refractivity (Wildman–Crippen MR) is 157 cm³/mol. The number of benzene rings is 2. The van der Waals surface area contributed by atoms with Gasteiger partial charge in [-0.25, -0.2) is 0 Å². The summed E-state index contributed by atoms with van der Waals surface area (Å²) < 4.78 is 8.70. The van der Waals surface area contributed by atoms with E-state index in [1.54, 1.807) is 0 Å². The summed E-state index contributed by atoms with van der Waals surface area (Å²) >= 11 is 0. The van der Waals surface area contributed by atoms with Crippen molar-refractivity contribution in [2.24, 2.45) is 0 Å². The smallest absolute Gasteiger partial charge is 0.248 e. The highest BCUT2D eigenvalue weighted by atomic mass is 16.4. The van der Waals surface area contributed by atoms with E-state index in [9.17, 15) is 0 Å². The normalized spacial score (nSPS) is 21.3. The number of nitrogens with zero attached hydrogens (tertiary/aromatic N) is 3. The monoisotopic (exact) mass is 518 g/mol. The summed E-state index contributed by atoms with van der Waals surface area (Å²) in [6, 6.07) is 21.8. The molecular formula is C35H40N3O+. The van der Waals surface area contributed by atoms with Crippen LogP contribution >= 0.6 is 0 Å². The highest BCUT2D eigenvalue weighted by molar-refractivity contribution is 5.78. The Hall–Kier alpha value is -3.53. The van der Waals surface area contributed by atoms with Crippen LogP contribution in [0, 0.1) is 0 Å². The summed E-state index contributed by atoms with van der Waals surface area (Å²) in [5, 5.41) is 8.88. The second-order valence-electron chi connectivity index (χ2n) is 12.0. The lowest BCUT2D eigenvalue weighted by Crippen LogP contribution is -2.54. The molecule has 3 heterocycles. The summed E-state index contributed by atoms with van der Waals surface area (Å²) in [4.78, 5) is 0. The molecule has 200 valence electrons. The third kappa shape index (κ3) is 3.60. The highest BCUT2D eigenvalue weighted by Crippen LogP contribution is 2.71. The standard InChI is InChI=1S/C35H40N3O/c1-7-10-12-21-33(5,6)27-18-15-25(16-19-27)31-36-37-32(39-31)26-17-20-29-28(23-26)30-14-11-13-22-38(30)35(9-3)24(4)34(29,35)8-2/h11,13-20,22-23H,4,7-10,12,21H2,1-3,5-6H3/q+1. The zero-order chi connectivity index (χ0) is 27.4. The van der Waals surface area contributed by atoms with Crippen molar-refractivity contribution in [2.45, 2.75) is 89.5 Å². The van der Waals surface area contributed by atoms with Crippen LogP contribution in [0.15, 0.2) is 83.4 Å². The molecule has 2 atom stereocenters. The van der Waals surface area contributed by atoms with Crippen LogP contribution in [-0.2, 0) is 16.4 Å². The van der Waals surface area contributed by atoms with Crippen molar-refractivity contribution in [3.05, 3.63) is 90.1 Å². The minimum Gasteiger partial charge on any atom is -0.416 e. The highest BCUT2D eigenvalue weighted by Gasteiger charge is 2.80. The minimum atomic E-state index is -0.0404. The molecule has 2 unspecified atom stereocenters. The molecule has 1 saturated carbocycles. The van der Waals surface area contributed by atoms with E-state index in [-0.39, 0.29) is 16.4 Å². The lowest BCUT2D eigenvalue weighted by atomic mass is 9.79. The zero-order valence-corrected chi connectivity index (χ0v) is 24.1. The Morgan fingerprint density at radius 1 is 0.872 bits per heavy atom. The van der Waals surface area contributed by atoms with Crippen LogP contribution in [0.5, 0.6) is 0 Å². The molecule has 4 aromatic rings. The summed E-state index contributed by atoms with van der Waals surface area (Å²) in [7, 11) is 0. The van der Waals surface area contributed by atoms with Crippen LogP contribution < -0.4 is 4.57 Å². The van der Waals surface area contributed by atoms with E-state index >= 15 is 0 Å². The number of rotatable bonds is 9. The molecule has 2 aromatic heterocycles. The van der Waals surface area contributed by atoms with Gasteiger partial charge in [-0.15, -0.1) is 10.2 Å². The van der Waals surface area contributed by atoms with E-state index in [2.05, 4.69) is 123 Å². The Labute approximate surface area is 232 Å². The maximum absolute atomic E-state index is 6.24. The molecule has 0 radical (unpaired) electrons. The van der Waals surface area contributed by atoms with Crippen LogP contribution in [-0.4, -0.2) is 10.2 Å². The minimum absolute atomic E-state index is 0.0271. The molecule has 0 spiro atoms. The van der Waals surface area contributed by atoms with E-state index in [4.69, 9.17) is 4.42 Å². The summed E-state index contributed by atoms with van der Waals surface area (Å²) in [6.07, 6.45) is 9.27. The van der Waals surface area contributed by atoms with Gasteiger partial charge in [0.25, 0.3) is 0 Å². The van der Waals surface area contributed by atoms with Gasteiger partial charge in [0.1, 0.15) is 0 Å². The van der Waals surface area contributed by atoms with E-state index in [0.29, 0.717) is 11.8 Å². The first kappa shape index (κ1) is 25.7. The molecule has 0 N–H and O–H groups in total. The molecule has 0 bridgehead atoms. The predicted octanol–water partition coefficient (Wildman–Crippen LogP) is 8.55. The molecule has 1 aliphatic carbocycles. The lowest BCUT2D eigenvalue weighted by molar-refractivity contribution is -0.731. The number of hydrogen-bond acceptors (Lipinski definition) is 3. The van der Waals surface area contributed by atoms with Gasteiger partial charge in [0.15, 0.2) is 6.20 Å². The fraction of sp³-hybridized carbons (Fsp3) is 0.400. The molecule has 0 saturated heterocycles. The van der Waals surface area contributed by atoms with Crippen molar-refractivity contribution in [3.8, 4) is 34.2 Å². The van der Waals surface area contributed by atoms with Gasteiger partial charge in [-0.3, -0.25) is 0 Å². The molecule has 0 amide bonds. The molecule has 4 heteroatoms. The lowest BCUT2D eigenvalue weighted by Gasteiger charge is -2.27. The van der Waals surface area contributed by atoms with Gasteiger partial charge in [0, 0.05) is 35.3 Å². The third-order valence-electron chi connectivity index (χ3n) is 9.72. The number of allylic oxidation sites excluding steroid dienone is 1. The number of pyridine rings is 1. The van der Waals surface area contributed by atoms with Gasteiger partial charge in [-0.05, 0) is 59.7 Å². The van der Waals surface area contributed by atoms with Crippen molar-refractivity contribution in [1.82, 2.24) is 10.2 Å². The fourth-order valence-electron chi connectivity index (χ4n) is 7.43. The molecule has 4 nitrogen and oxygen atoms in total. The zero-order valence-electron chi connectivity index (χ0n) is 24.1. The largest absolute Gasteiger partial charge is 0.416 e. The molecular weight excluding hydrogens is 478 g/mol. The summed E-state index contributed by atoms with van der Waals surface area (Å²) in [6.45, 7) is 16.1. The Morgan fingerprint density at radius 2 is 1.59 bits per heavy atom. The van der Waals surface area contributed by atoms with Crippen molar-refractivity contribution in [2.75, 3.05) is 0 Å². The molecule has 1 aliphatic heterocycles. The molecule has 1 fully saturated rings. The topological polar surface area (TPSA) is 42.8 Å². The Kier molecular flexibility index (Phi) is 6.13. The first-order chi connectivity index (χ1) is 18.8. The van der Waals surface area contributed by atoms with Crippen LogP contribution in [0.1, 0.15) is 84.3 Å². The summed E-state index contributed by atoms with van der Waals surface area (Å²) in [5.74, 6) is 1.10. The van der Waals surface area contributed by atoms with E-state index < -0.39 is 0 Å². The van der Waals surface area contributed by atoms with Crippen molar-refractivity contribution in [3.63, 3.8) is 0 Å². The van der Waals surface area contributed by atoms with Crippen molar-refractivity contribution >= 4 is 0 Å². The fourth-order valence-corrected chi connectivity index (χ4v) is 7.43. The van der Waals surface area contributed by atoms with Gasteiger partial charge in [0.2, 0.25) is 23.0 Å². The average Bonchev–Trinajstić information content (AvgIpc) is 3.23. The maximum Gasteiger partial charge on any atom is 0.248 e. The Bertz CT molecular complexity index is 1550. The number of unbranched alkanes of at least 4 members (excludes halogenated alkanes) is 2. The number of fused-ring (bicyclic) bond motifs is 6. The molecule has 6 rings (SSSR count). The van der Waals surface area contributed by atoms with Crippen LogP contribution in [0.2, 0.25) is 0 Å². The second-order valence-corrected chi connectivity index (χ2v) is 12.0. The van der Waals surface area contributed by atoms with Gasteiger partial charge < -0.3 is 4.42 Å². The first-order valence-electron chi connectivity index (χ1n) is 14.6. The number of hydrogen-bond donors (Lipinski definition) is 0. The number of aromatic nitrogens is 3. The molecule has 2 aliphatic rings. The van der Waals surface area contributed by atoms with Gasteiger partial charge >= 0.3 is 0 Å². The van der Waals surface area contributed by atoms with Crippen molar-refractivity contribution < 1.29 is 8.98 Å². The van der Waals surface area contributed by atoms with Crippen LogP contribution in [0.3, 0.4) is 0 Å². The maximum atomic E-state index is 6.24. The van der Waals surface area contributed by atoms with Gasteiger partial charge in [-0.2, -0.15) is 4.57 Å². The van der Waals surface area contributed by atoms with E-state index in [1.807, 2.05) is 0 Å². The van der Waals surface area contributed by atoms with Crippen LogP contribution in [0.25, 0.3) is 34.2 Å². The molecule has 39 heavy (non-hydrogen) atoms. The Balaban J connectivity index is 1.33. The van der Waals surface area contributed by atoms with E-state index in [0.717, 1.165) is 24.0 Å². The van der Waals surface area contributed by atoms with Crippen molar-refractivity contribution in [1.29, 1.82) is 0 Å². The van der Waals surface area contributed by atoms with Gasteiger partial charge in [-0.1, -0.05) is 78.7 Å². The third-order valence-corrected chi connectivity index (χ3v) is 9.72. The second kappa shape index (κ2) is 9.29. The SMILES string of the molecule is C=C1C2(CC)c3ccc(-c4nnc(-c5ccc(C(C)(C)CCCCC)cc5)o4)cc3-c3cccc[n+]3C12CC. The molecule has 2 aromatic carbocycles. The van der Waals surface area contributed by atoms with Gasteiger partial charge in [0.05, 0.1) is 11.0 Å². The first-order valence-corrected chi connectivity index (χ1v) is 14.6. The quantitative estimate of drug-likeness (QED) is 0.127. The summed E-state index contributed by atoms with van der Waals surface area (Å²) in [5.41, 5.74) is 8.46. The average molecular weight is 519 g/mol.